The lowest BCUT2D eigenvalue weighted by atomic mass is 9.43. The molecule has 7 aromatic rings. The van der Waals surface area contributed by atoms with Crippen LogP contribution in [0.2, 0.25) is 0 Å². The number of rotatable bonds is 3. The van der Waals surface area contributed by atoms with E-state index in [2.05, 4.69) is 60.7 Å². The van der Waals surface area contributed by atoms with Gasteiger partial charge in [0.1, 0.15) is 11.2 Å². The van der Waals surface area contributed by atoms with Crippen molar-refractivity contribution in [1.82, 2.24) is 19.9 Å². The van der Waals surface area contributed by atoms with E-state index in [1.165, 1.54) is 54.5 Å². The average Bonchev–Trinajstić information content (AvgIpc) is 3.64. The van der Waals surface area contributed by atoms with Crippen LogP contribution in [0.15, 0.2) is 114 Å². The smallest absolute Gasteiger partial charge is 0.167 e. The van der Waals surface area contributed by atoms with Crippen LogP contribution in [0.3, 0.4) is 0 Å². The lowest BCUT2D eigenvalue weighted by Crippen LogP contribution is -2.55. The summed E-state index contributed by atoms with van der Waals surface area (Å²) >= 11 is 0. The molecular weight excluding hydrogens is 576 g/mol. The summed E-state index contributed by atoms with van der Waals surface area (Å²) in [5.74, 6) is 5.01. The van der Waals surface area contributed by atoms with Gasteiger partial charge in [-0.15, -0.1) is 0 Å². The third kappa shape index (κ3) is 3.54. The Labute approximate surface area is 272 Å². The van der Waals surface area contributed by atoms with E-state index in [0.29, 0.717) is 29.3 Å². The molecule has 0 atom stereocenters. The topological polar surface area (TPSA) is 64.7 Å². The quantitative estimate of drug-likeness (QED) is 0.200. The van der Waals surface area contributed by atoms with Crippen LogP contribution in [-0.2, 0) is 5.41 Å². The Bertz CT molecular complexity index is 2360. The molecule has 5 heteroatoms. The Morgan fingerprint density at radius 3 is 2.04 bits per heavy atom. The van der Waals surface area contributed by atoms with Crippen molar-refractivity contribution in [2.45, 2.75) is 37.5 Å². The second-order valence-corrected chi connectivity index (χ2v) is 14.3. The molecule has 0 saturated heterocycles. The summed E-state index contributed by atoms with van der Waals surface area (Å²) in [6, 6.07) is 36.0. The average molecular weight is 609 g/mol. The molecule has 4 bridgehead atoms. The molecule has 12 rings (SSSR count). The van der Waals surface area contributed by atoms with Gasteiger partial charge in [-0.05, 0) is 85.1 Å². The molecule has 1 spiro atoms. The second kappa shape index (κ2) is 9.45. The van der Waals surface area contributed by atoms with Crippen LogP contribution < -0.4 is 0 Å². The van der Waals surface area contributed by atoms with Crippen molar-refractivity contribution >= 4 is 21.9 Å². The molecule has 4 saturated carbocycles. The van der Waals surface area contributed by atoms with Crippen molar-refractivity contribution in [3.8, 4) is 45.3 Å². The van der Waals surface area contributed by atoms with E-state index in [1.54, 1.807) is 0 Å². The van der Waals surface area contributed by atoms with E-state index in [9.17, 15) is 0 Å². The maximum atomic E-state index is 6.43. The first kappa shape index (κ1) is 26.0. The Balaban J connectivity index is 1.12. The zero-order chi connectivity index (χ0) is 30.7. The summed E-state index contributed by atoms with van der Waals surface area (Å²) < 4.78 is 6.43. The first-order valence-electron chi connectivity index (χ1n) is 17.1. The number of benzene rings is 4. The van der Waals surface area contributed by atoms with Gasteiger partial charge in [0, 0.05) is 39.1 Å². The zero-order valence-corrected chi connectivity index (χ0v) is 25.9. The summed E-state index contributed by atoms with van der Waals surface area (Å²) in [6.07, 6.45) is 8.84. The molecule has 226 valence electrons. The van der Waals surface area contributed by atoms with E-state index in [1.807, 2.05) is 48.7 Å². The number of hydrogen-bond donors (Lipinski definition) is 0. The Hall–Kier alpha value is -5.16. The van der Waals surface area contributed by atoms with Gasteiger partial charge in [0.05, 0.1) is 11.3 Å². The molecular formula is C42H32N4O. The van der Waals surface area contributed by atoms with Gasteiger partial charge in [-0.3, -0.25) is 4.98 Å². The van der Waals surface area contributed by atoms with Gasteiger partial charge in [-0.1, -0.05) is 84.9 Å². The number of pyridine rings is 1. The van der Waals surface area contributed by atoms with E-state index in [4.69, 9.17) is 24.4 Å². The van der Waals surface area contributed by atoms with Crippen molar-refractivity contribution < 1.29 is 4.42 Å². The molecule has 3 heterocycles. The summed E-state index contributed by atoms with van der Waals surface area (Å²) in [4.78, 5) is 20.7. The largest absolute Gasteiger partial charge is 0.455 e. The summed E-state index contributed by atoms with van der Waals surface area (Å²) in [5, 5.41) is 2.14. The minimum atomic E-state index is 0.0360. The number of fused-ring (bicyclic) bond motifs is 6. The molecule has 5 nitrogen and oxygen atoms in total. The second-order valence-electron chi connectivity index (χ2n) is 14.3. The third-order valence-corrected chi connectivity index (χ3v) is 11.9. The maximum absolute atomic E-state index is 6.43. The highest BCUT2D eigenvalue weighted by atomic mass is 16.3. The van der Waals surface area contributed by atoms with Crippen LogP contribution in [0, 0.1) is 23.7 Å². The molecule has 5 aliphatic rings. The standard InChI is InChI=1S/C42H32N4O/c1-2-9-26(10-3-1)39-44-40(46-41(45-39)33-14-8-13-32-31-12-5-7-16-36(31)47-37(32)33)27-22-34-30-11-4-6-15-35(30)42(38(34)43-23-27)28-18-24-17-25(20-28)21-29(42)19-24/h1-16,22-25,28-29H,17-21H2. The number of aromatic nitrogens is 4. The fourth-order valence-electron chi connectivity index (χ4n) is 10.3. The highest BCUT2D eigenvalue weighted by molar-refractivity contribution is 6.09. The van der Waals surface area contributed by atoms with Gasteiger partial charge in [0.25, 0.3) is 0 Å². The Morgan fingerprint density at radius 1 is 0.553 bits per heavy atom. The normalized spacial score (nSPS) is 25.1. The molecule has 4 fully saturated rings. The monoisotopic (exact) mass is 608 g/mol. The molecule has 0 N–H and O–H groups in total. The maximum Gasteiger partial charge on any atom is 0.167 e. The molecule has 4 aromatic carbocycles. The number of furan rings is 1. The molecule has 5 aliphatic carbocycles. The lowest BCUT2D eigenvalue weighted by molar-refractivity contribution is -0.0415. The zero-order valence-electron chi connectivity index (χ0n) is 25.9. The fourth-order valence-corrected chi connectivity index (χ4v) is 10.3. The molecule has 0 amide bonds. The summed E-state index contributed by atoms with van der Waals surface area (Å²) in [5.41, 5.74) is 9.79. The Kier molecular flexibility index (Phi) is 5.22. The van der Waals surface area contributed by atoms with Gasteiger partial charge in [-0.25, -0.2) is 15.0 Å². The van der Waals surface area contributed by atoms with E-state index in [-0.39, 0.29) is 5.41 Å². The van der Waals surface area contributed by atoms with E-state index in [0.717, 1.165) is 50.5 Å². The van der Waals surface area contributed by atoms with Gasteiger partial charge >= 0.3 is 0 Å². The molecule has 47 heavy (non-hydrogen) atoms. The summed E-state index contributed by atoms with van der Waals surface area (Å²) in [6.45, 7) is 0. The summed E-state index contributed by atoms with van der Waals surface area (Å²) in [7, 11) is 0. The van der Waals surface area contributed by atoms with Crippen LogP contribution in [0.25, 0.3) is 67.2 Å². The van der Waals surface area contributed by atoms with Crippen molar-refractivity contribution in [1.29, 1.82) is 0 Å². The Morgan fingerprint density at radius 2 is 1.21 bits per heavy atom. The van der Waals surface area contributed by atoms with Crippen molar-refractivity contribution in [2.75, 3.05) is 0 Å². The van der Waals surface area contributed by atoms with Crippen LogP contribution >= 0.6 is 0 Å². The number of nitrogens with zero attached hydrogens (tertiary/aromatic N) is 4. The van der Waals surface area contributed by atoms with Crippen LogP contribution in [0.1, 0.15) is 43.4 Å². The fraction of sp³-hybridized carbons (Fsp3) is 0.238. The number of hydrogen-bond acceptors (Lipinski definition) is 5. The molecule has 3 aromatic heterocycles. The van der Waals surface area contributed by atoms with Crippen molar-refractivity contribution in [3.63, 3.8) is 0 Å². The van der Waals surface area contributed by atoms with Crippen molar-refractivity contribution in [3.05, 3.63) is 121 Å². The third-order valence-electron chi connectivity index (χ3n) is 11.9. The predicted octanol–water partition coefficient (Wildman–Crippen LogP) is 9.89. The van der Waals surface area contributed by atoms with Gasteiger partial charge in [0.15, 0.2) is 17.5 Å². The minimum Gasteiger partial charge on any atom is -0.455 e. The van der Waals surface area contributed by atoms with Gasteiger partial charge in [-0.2, -0.15) is 0 Å². The SMILES string of the molecule is c1ccc(-c2nc(-c3cnc4c(c3)-c3ccccc3C43C4CC5CC(C4)CC3C5)nc(-c3cccc4c3oc3ccccc34)n2)cc1. The van der Waals surface area contributed by atoms with Gasteiger partial charge in [0.2, 0.25) is 0 Å². The van der Waals surface area contributed by atoms with E-state index >= 15 is 0 Å². The first-order valence-corrected chi connectivity index (χ1v) is 17.1. The van der Waals surface area contributed by atoms with E-state index < -0.39 is 0 Å². The molecule has 0 aliphatic heterocycles. The minimum absolute atomic E-state index is 0.0360. The van der Waals surface area contributed by atoms with Crippen LogP contribution in [0.5, 0.6) is 0 Å². The number of para-hydroxylation sites is 2. The van der Waals surface area contributed by atoms with Crippen LogP contribution in [0.4, 0.5) is 0 Å². The highest BCUT2D eigenvalue weighted by Gasteiger charge is 2.62. The molecule has 0 unspecified atom stereocenters. The lowest BCUT2D eigenvalue weighted by Gasteiger charge is -2.60. The van der Waals surface area contributed by atoms with Crippen molar-refractivity contribution in [2.24, 2.45) is 23.7 Å². The highest BCUT2D eigenvalue weighted by Crippen LogP contribution is 2.69. The first-order chi connectivity index (χ1) is 23.2. The van der Waals surface area contributed by atoms with Crippen LogP contribution in [-0.4, -0.2) is 19.9 Å². The molecule has 0 radical (unpaired) electrons. The van der Waals surface area contributed by atoms with Gasteiger partial charge < -0.3 is 4.42 Å². The predicted molar refractivity (Wildman–Crippen MR) is 184 cm³/mol.